The lowest BCUT2D eigenvalue weighted by molar-refractivity contribution is 0.735. The quantitative estimate of drug-likeness (QED) is 0.189. The van der Waals surface area contributed by atoms with Crippen molar-refractivity contribution in [2.45, 2.75) is 5.41 Å². The van der Waals surface area contributed by atoms with Crippen LogP contribution in [0.25, 0.3) is 56.2 Å². The molecule has 2 aromatic heterocycles. The van der Waals surface area contributed by atoms with Gasteiger partial charge in [-0.25, -0.2) is 19.9 Å². The van der Waals surface area contributed by atoms with E-state index in [0.717, 1.165) is 61.6 Å². The number of benzene rings is 6. The van der Waals surface area contributed by atoms with E-state index in [9.17, 15) is 0 Å². The van der Waals surface area contributed by atoms with Gasteiger partial charge < -0.3 is 0 Å². The predicted octanol–water partition coefficient (Wildman–Crippen LogP) is 10.4. The zero-order valence-corrected chi connectivity index (χ0v) is 26.5. The maximum atomic E-state index is 6.69. The average Bonchev–Trinajstić information content (AvgIpc) is 3.45. The lowest BCUT2D eigenvalue weighted by Crippen LogP contribution is -2.31. The molecule has 6 aromatic carbocycles. The van der Waals surface area contributed by atoms with Crippen LogP contribution in [0, 0.1) is 0 Å². The third-order valence-electron chi connectivity index (χ3n) is 9.23. The van der Waals surface area contributed by atoms with Crippen LogP contribution < -0.4 is 0 Å². The Balaban J connectivity index is 1.47. The van der Waals surface area contributed by atoms with Crippen LogP contribution >= 0.6 is 11.6 Å². The molecule has 0 radical (unpaired) electrons. The molecule has 0 N–H and O–H groups in total. The first-order valence-electron chi connectivity index (χ1n) is 15.9. The van der Waals surface area contributed by atoms with Crippen LogP contribution in [-0.4, -0.2) is 19.9 Å². The number of aromatic nitrogens is 4. The second-order valence-corrected chi connectivity index (χ2v) is 12.4. The van der Waals surface area contributed by atoms with Crippen molar-refractivity contribution in [1.82, 2.24) is 19.9 Å². The van der Waals surface area contributed by atoms with E-state index in [0.29, 0.717) is 22.0 Å². The van der Waals surface area contributed by atoms with Crippen molar-refractivity contribution in [2.75, 3.05) is 0 Å². The summed E-state index contributed by atoms with van der Waals surface area (Å²) >= 11 is 6.69. The highest BCUT2D eigenvalue weighted by Crippen LogP contribution is 2.57. The molecule has 0 saturated heterocycles. The van der Waals surface area contributed by atoms with Crippen LogP contribution in [0.15, 0.2) is 164 Å². The van der Waals surface area contributed by atoms with Gasteiger partial charge in [-0.15, -0.1) is 0 Å². The van der Waals surface area contributed by atoms with Crippen molar-refractivity contribution in [2.24, 2.45) is 0 Å². The largest absolute Gasteiger partial charge is 0.240 e. The predicted molar refractivity (Wildman–Crippen MR) is 194 cm³/mol. The number of hydrogen-bond acceptors (Lipinski definition) is 4. The Labute approximate surface area is 283 Å². The van der Waals surface area contributed by atoms with E-state index in [1.54, 1.807) is 0 Å². The van der Waals surface area contributed by atoms with Crippen molar-refractivity contribution < 1.29 is 0 Å². The summed E-state index contributed by atoms with van der Waals surface area (Å²) in [5, 5.41) is 0.688. The molecule has 2 heterocycles. The number of hydrogen-bond donors (Lipinski definition) is 0. The summed E-state index contributed by atoms with van der Waals surface area (Å²) in [7, 11) is 0. The van der Waals surface area contributed by atoms with E-state index in [4.69, 9.17) is 31.5 Å². The Morgan fingerprint density at radius 1 is 0.438 bits per heavy atom. The molecule has 9 rings (SSSR count). The Morgan fingerprint density at radius 2 is 1.00 bits per heavy atom. The number of nitrogens with zero attached hydrogens (tertiary/aromatic N) is 4. The molecule has 1 unspecified atom stereocenters. The van der Waals surface area contributed by atoms with E-state index in [1.807, 2.05) is 72.8 Å². The molecule has 1 atom stereocenters. The molecule has 1 aliphatic carbocycles. The standard InChI is InChI=1S/C43H27ClN4/c44-32-25-26-36-34(27-32)33-23-13-14-24-35(33)43(36,31-21-11-4-12-22-31)40-38(29-17-7-2-8-18-29)45-39-37(28-15-5-1-6-16-28)46-41(48-42(39)47-40)30-19-9-3-10-20-30/h1-27H. The third-order valence-corrected chi connectivity index (χ3v) is 9.46. The first-order valence-corrected chi connectivity index (χ1v) is 16.3. The maximum absolute atomic E-state index is 6.69. The Kier molecular flexibility index (Phi) is 6.70. The lowest BCUT2D eigenvalue weighted by atomic mass is 9.69. The smallest absolute Gasteiger partial charge is 0.182 e. The minimum absolute atomic E-state index is 0.535. The highest BCUT2D eigenvalue weighted by atomic mass is 35.5. The fraction of sp³-hybridized carbons (Fsp3) is 0.0233. The van der Waals surface area contributed by atoms with Gasteiger partial charge in [0.15, 0.2) is 11.5 Å². The summed E-state index contributed by atoms with van der Waals surface area (Å²) in [5.41, 5.74) is 11.0. The van der Waals surface area contributed by atoms with Gasteiger partial charge in [-0.2, -0.15) is 0 Å². The summed E-state index contributed by atoms with van der Waals surface area (Å²) in [4.78, 5) is 21.4. The van der Waals surface area contributed by atoms with Gasteiger partial charge in [0.2, 0.25) is 0 Å². The van der Waals surface area contributed by atoms with Crippen LogP contribution in [0.1, 0.15) is 22.4 Å². The minimum atomic E-state index is -0.811. The molecular formula is C43H27ClN4. The summed E-state index contributed by atoms with van der Waals surface area (Å²) < 4.78 is 0. The molecule has 8 aromatic rings. The molecule has 48 heavy (non-hydrogen) atoms. The molecule has 0 amide bonds. The minimum Gasteiger partial charge on any atom is -0.240 e. The number of halogens is 1. The van der Waals surface area contributed by atoms with E-state index >= 15 is 0 Å². The van der Waals surface area contributed by atoms with Gasteiger partial charge in [0.25, 0.3) is 0 Å². The van der Waals surface area contributed by atoms with E-state index in [1.165, 1.54) is 0 Å². The van der Waals surface area contributed by atoms with Gasteiger partial charge in [-0.05, 0) is 39.9 Å². The lowest BCUT2D eigenvalue weighted by Gasteiger charge is -2.34. The Morgan fingerprint density at radius 3 is 1.69 bits per heavy atom. The molecule has 0 spiro atoms. The van der Waals surface area contributed by atoms with Crippen molar-refractivity contribution in [3.63, 3.8) is 0 Å². The topological polar surface area (TPSA) is 51.6 Å². The molecule has 0 bridgehead atoms. The Bertz CT molecular complexity index is 2450. The molecule has 0 aliphatic heterocycles. The van der Waals surface area contributed by atoms with E-state index in [-0.39, 0.29) is 0 Å². The molecule has 226 valence electrons. The first kappa shape index (κ1) is 28.3. The molecule has 5 heteroatoms. The van der Waals surface area contributed by atoms with Crippen molar-refractivity contribution in [3.05, 3.63) is 191 Å². The molecule has 1 aliphatic rings. The van der Waals surface area contributed by atoms with Crippen molar-refractivity contribution >= 4 is 22.8 Å². The molecule has 0 fully saturated rings. The molecule has 4 nitrogen and oxygen atoms in total. The second-order valence-electron chi connectivity index (χ2n) is 11.9. The van der Waals surface area contributed by atoms with Crippen LogP contribution in [0.4, 0.5) is 0 Å². The summed E-state index contributed by atoms with van der Waals surface area (Å²) in [5.74, 6) is 0.599. The molecule has 0 saturated carbocycles. The van der Waals surface area contributed by atoms with Crippen LogP contribution in [0.3, 0.4) is 0 Å². The summed E-state index contributed by atoms with van der Waals surface area (Å²) in [6, 6.07) is 55.9. The van der Waals surface area contributed by atoms with Gasteiger partial charge in [-0.1, -0.05) is 163 Å². The van der Waals surface area contributed by atoms with E-state index in [2.05, 4.69) is 91.0 Å². The van der Waals surface area contributed by atoms with Gasteiger partial charge in [0, 0.05) is 21.7 Å². The monoisotopic (exact) mass is 634 g/mol. The van der Waals surface area contributed by atoms with E-state index < -0.39 is 5.41 Å². The van der Waals surface area contributed by atoms with Crippen molar-refractivity contribution in [1.29, 1.82) is 0 Å². The van der Waals surface area contributed by atoms with Gasteiger partial charge in [-0.3, -0.25) is 0 Å². The Hall–Kier alpha value is -5.97. The maximum Gasteiger partial charge on any atom is 0.182 e. The van der Waals surface area contributed by atoms with Gasteiger partial charge >= 0.3 is 0 Å². The third kappa shape index (κ3) is 4.38. The first-order chi connectivity index (χ1) is 23.7. The molecular weight excluding hydrogens is 608 g/mol. The van der Waals surface area contributed by atoms with Crippen LogP contribution in [0.2, 0.25) is 5.02 Å². The SMILES string of the molecule is Clc1ccc2c(c1)-c1ccccc1C2(c1ccccc1)c1nc2nc(-c3ccccc3)nc(-c3ccccc3)c2nc1-c1ccccc1. The average molecular weight is 635 g/mol. The van der Waals surface area contributed by atoms with Crippen LogP contribution in [-0.2, 0) is 5.41 Å². The highest BCUT2D eigenvalue weighted by Gasteiger charge is 2.49. The number of fused-ring (bicyclic) bond motifs is 4. The fourth-order valence-corrected chi connectivity index (χ4v) is 7.34. The highest BCUT2D eigenvalue weighted by molar-refractivity contribution is 6.31. The zero-order valence-electron chi connectivity index (χ0n) is 25.8. The zero-order chi connectivity index (χ0) is 32.1. The summed E-state index contributed by atoms with van der Waals surface area (Å²) in [6.45, 7) is 0. The second kappa shape index (κ2) is 11.4. The van der Waals surface area contributed by atoms with Crippen molar-refractivity contribution in [3.8, 4) is 45.0 Å². The fourth-order valence-electron chi connectivity index (χ4n) is 7.17. The normalized spacial score (nSPS) is 14.9. The van der Waals surface area contributed by atoms with Crippen LogP contribution in [0.5, 0.6) is 0 Å². The van der Waals surface area contributed by atoms with Gasteiger partial charge in [0.1, 0.15) is 11.2 Å². The number of rotatable bonds is 5. The summed E-state index contributed by atoms with van der Waals surface area (Å²) in [6.07, 6.45) is 0. The van der Waals surface area contributed by atoms with Gasteiger partial charge in [0.05, 0.1) is 16.8 Å².